The summed E-state index contributed by atoms with van der Waals surface area (Å²) < 4.78 is 0. The molecule has 0 aliphatic heterocycles. The van der Waals surface area contributed by atoms with Crippen LogP contribution in [0.4, 0.5) is 5.69 Å². The van der Waals surface area contributed by atoms with Gasteiger partial charge in [0.2, 0.25) is 5.91 Å². The zero-order valence-corrected chi connectivity index (χ0v) is 11.2. The van der Waals surface area contributed by atoms with E-state index in [1.807, 2.05) is 57.0 Å². The van der Waals surface area contributed by atoms with Crippen molar-refractivity contribution in [1.29, 1.82) is 0 Å². The Bertz CT molecular complexity index is 376. The van der Waals surface area contributed by atoms with Gasteiger partial charge >= 0.3 is 0 Å². The fourth-order valence-electron chi connectivity index (χ4n) is 1.92. The Hall–Kier alpha value is -1.35. The maximum absolute atomic E-state index is 12.3. The molecule has 0 saturated heterocycles. The van der Waals surface area contributed by atoms with E-state index in [9.17, 15) is 4.79 Å². The van der Waals surface area contributed by atoms with Crippen LogP contribution in [0, 0.1) is 12.8 Å². The van der Waals surface area contributed by atoms with Gasteiger partial charge in [0, 0.05) is 24.7 Å². The molecule has 0 aromatic heterocycles. The summed E-state index contributed by atoms with van der Waals surface area (Å²) in [7, 11) is 1.87. The normalized spacial score (nSPS) is 12.2. The smallest absolute Gasteiger partial charge is 0.231 e. The quantitative estimate of drug-likeness (QED) is 0.847. The maximum atomic E-state index is 12.3. The summed E-state index contributed by atoms with van der Waals surface area (Å²) in [6, 6.07) is 8.07. The van der Waals surface area contributed by atoms with E-state index < -0.39 is 0 Å². The van der Waals surface area contributed by atoms with E-state index in [1.165, 1.54) is 5.56 Å². The fourth-order valence-corrected chi connectivity index (χ4v) is 1.92. The van der Waals surface area contributed by atoms with Gasteiger partial charge in [-0.1, -0.05) is 19.1 Å². The zero-order chi connectivity index (χ0) is 12.8. The molecule has 0 aliphatic carbocycles. The lowest BCUT2D eigenvalue weighted by Gasteiger charge is -2.24. The molecule has 1 amide bonds. The van der Waals surface area contributed by atoms with Gasteiger partial charge in [0.1, 0.15) is 0 Å². The minimum atomic E-state index is 0.000428. The van der Waals surface area contributed by atoms with Gasteiger partial charge in [-0.05, 0) is 38.6 Å². The third-order valence-electron chi connectivity index (χ3n) is 2.83. The number of hydrogen-bond acceptors (Lipinski definition) is 2. The van der Waals surface area contributed by atoms with Crippen molar-refractivity contribution in [3.05, 3.63) is 29.8 Å². The molecule has 0 heterocycles. The molecule has 1 N–H and O–H groups in total. The predicted octanol–water partition coefficient (Wildman–Crippen LogP) is 2.20. The second-order valence-electron chi connectivity index (χ2n) is 4.38. The molecule has 3 nitrogen and oxygen atoms in total. The van der Waals surface area contributed by atoms with Crippen molar-refractivity contribution in [2.75, 3.05) is 25.0 Å². The monoisotopic (exact) mass is 234 g/mol. The molecule has 94 valence electrons. The van der Waals surface area contributed by atoms with Crippen molar-refractivity contribution in [2.24, 2.45) is 5.92 Å². The molecule has 1 unspecified atom stereocenters. The number of hydrogen-bond donors (Lipinski definition) is 1. The van der Waals surface area contributed by atoms with Crippen LogP contribution in [-0.4, -0.2) is 26.0 Å². The van der Waals surface area contributed by atoms with E-state index in [4.69, 9.17) is 0 Å². The molecule has 0 saturated carbocycles. The van der Waals surface area contributed by atoms with Gasteiger partial charge in [-0.15, -0.1) is 0 Å². The van der Waals surface area contributed by atoms with Gasteiger partial charge < -0.3 is 10.2 Å². The van der Waals surface area contributed by atoms with E-state index in [0.717, 1.165) is 5.69 Å². The summed E-state index contributed by atoms with van der Waals surface area (Å²) >= 11 is 0. The van der Waals surface area contributed by atoms with E-state index in [1.54, 1.807) is 0 Å². The van der Waals surface area contributed by atoms with Gasteiger partial charge in [0.05, 0.1) is 0 Å². The minimum Gasteiger partial charge on any atom is -0.319 e. The lowest BCUT2D eigenvalue weighted by Crippen LogP contribution is -2.38. The van der Waals surface area contributed by atoms with Crippen molar-refractivity contribution in [1.82, 2.24) is 5.32 Å². The molecule has 0 fully saturated rings. The van der Waals surface area contributed by atoms with Crippen LogP contribution in [0.25, 0.3) is 0 Å². The lowest BCUT2D eigenvalue weighted by atomic mass is 10.1. The van der Waals surface area contributed by atoms with Crippen LogP contribution >= 0.6 is 0 Å². The number of carbonyl (C=O) groups excluding carboxylic acids is 1. The van der Waals surface area contributed by atoms with Crippen LogP contribution in [0.1, 0.15) is 19.4 Å². The highest BCUT2D eigenvalue weighted by molar-refractivity contribution is 5.95. The standard InChI is InChI=1S/C14H22N2O/c1-5-16(14(17)12(3)10-15-4)13-8-6-7-11(2)9-13/h6-9,12,15H,5,10H2,1-4H3. The zero-order valence-electron chi connectivity index (χ0n) is 11.2. The average Bonchev–Trinajstić information content (AvgIpc) is 2.30. The van der Waals surface area contributed by atoms with Crippen molar-refractivity contribution in [3.63, 3.8) is 0 Å². The second-order valence-corrected chi connectivity index (χ2v) is 4.38. The highest BCUT2D eigenvalue weighted by Crippen LogP contribution is 2.17. The van der Waals surface area contributed by atoms with Gasteiger partial charge in [-0.3, -0.25) is 4.79 Å². The number of nitrogens with one attached hydrogen (secondary N) is 1. The van der Waals surface area contributed by atoms with Crippen molar-refractivity contribution in [3.8, 4) is 0 Å². The first-order valence-corrected chi connectivity index (χ1v) is 6.12. The molecule has 17 heavy (non-hydrogen) atoms. The minimum absolute atomic E-state index is 0.000428. The fraction of sp³-hybridized carbons (Fsp3) is 0.500. The molecule has 1 rings (SSSR count). The van der Waals surface area contributed by atoms with E-state index in [0.29, 0.717) is 13.1 Å². The van der Waals surface area contributed by atoms with Gasteiger partial charge in [0.15, 0.2) is 0 Å². The number of amides is 1. The molecule has 1 aromatic carbocycles. The van der Waals surface area contributed by atoms with Gasteiger partial charge in [-0.25, -0.2) is 0 Å². The first kappa shape index (κ1) is 13.7. The SMILES string of the molecule is CCN(C(=O)C(C)CNC)c1cccc(C)c1. The van der Waals surface area contributed by atoms with Crippen molar-refractivity contribution in [2.45, 2.75) is 20.8 Å². The van der Waals surface area contributed by atoms with Crippen LogP contribution < -0.4 is 10.2 Å². The summed E-state index contributed by atoms with van der Waals surface area (Å²) in [5.74, 6) is 0.174. The predicted molar refractivity (Wildman–Crippen MR) is 72.3 cm³/mol. The van der Waals surface area contributed by atoms with Crippen LogP contribution in [0.2, 0.25) is 0 Å². The first-order chi connectivity index (χ1) is 8.10. The number of anilines is 1. The summed E-state index contributed by atoms with van der Waals surface area (Å²) in [5, 5.41) is 3.04. The Morgan fingerprint density at radius 1 is 1.47 bits per heavy atom. The van der Waals surface area contributed by atoms with Crippen LogP contribution in [-0.2, 0) is 4.79 Å². The van der Waals surface area contributed by atoms with Gasteiger partial charge in [0.25, 0.3) is 0 Å². The van der Waals surface area contributed by atoms with Crippen LogP contribution in [0.15, 0.2) is 24.3 Å². The Labute approximate surface area is 104 Å². The molecule has 0 radical (unpaired) electrons. The molecule has 1 aromatic rings. The Balaban J connectivity index is 2.88. The van der Waals surface area contributed by atoms with Crippen LogP contribution in [0.5, 0.6) is 0 Å². The topological polar surface area (TPSA) is 32.3 Å². The summed E-state index contributed by atoms with van der Waals surface area (Å²) in [6.45, 7) is 7.42. The molecule has 3 heteroatoms. The summed E-state index contributed by atoms with van der Waals surface area (Å²) in [6.07, 6.45) is 0. The number of aryl methyl sites for hydroxylation is 1. The maximum Gasteiger partial charge on any atom is 0.231 e. The Morgan fingerprint density at radius 3 is 2.71 bits per heavy atom. The molecule has 0 spiro atoms. The van der Waals surface area contributed by atoms with E-state index >= 15 is 0 Å². The van der Waals surface area contributed by atoms with Gasteiger partial charge in [-0.2, -0.15) is 0 Å². The second kappa shape index (κ2) is 6.40. The van der Waals surface area contributed by atoms with Crippen molar-refractivity contribution >= 4 is 11.6 Å². The van der Waals surface area contributed by atoms with Crippen molar-refractivity contribution < 1.29 is 4.79 Å². The summed E-state index contributed by atoms with van der Waals surface area (Å²) in [4.78, 5) is 14.1. The summed E-state index contributed by atoms with van der Waals surface area (Å²) in [5.41, 5.74) is 2.16. The Morgan fingerprint density at radius 2 is 2.18 bits per heavy atom. The Kier molecular flexibility index (Phi) is 5.16. The number of rotatable bonds is 5. The van der Waals surface area contributed by atoms with Crippen LogP contribution in [0.3, 0.4) is 0 Å². The lowest BCUT2D eigenvalue weighted by molar-refractivity contribution is -0.121. The number of nitrogens with zero attached hydrogens (tertiary/aromatic N) is 1. The van der Waals surface area contributed by atoms with E-state index in [2.05, 4.69) is 5.32 Å². The molecular formula is C14H22N2O. The number of benzene rings is 1. The first-order valence-electron chi connectivity index (χ1n) is 6.12. The average molecular weight is 234 g/mol. The van der Waals surface area contributed by atoms with E-state index in [-0.39, 0.29) is 11.8 Å². The highest BCUT2D eigenvalue weighted by Gasteiger charge is 2.19. The number of carbonyl (C=O) groups is 1. The molecule has 0 aliphatic rings. The molecule has 0 bridgehead atoms. The third-order valence-corrected chi connectivity index (χ3v) is 2.83. The largest absolute Gasteiger partial charge is 0.319 e. The molecule has 1 atom stereocenters. The third kappa shape index (κ3) is 3.56. The molecular weight excluding hydrogens is 212 g/mol. The highest BCUT2D eigenvalue weighted by atomic mass is 16.2.